The normalized spacial score (nSPS) is 16.3. The molecule has 0 saturated carbocycles. The molecule has 154 valence electrons. The average molecular weight is 439 g/mol. The van der Waals surface area contributed by atoms with Crippen molar-refractivity contribution in [1.82, 2.24) is 10.2 Å². The monoisotopic (exact) mass is 438 g/mol. The third kappa shape index (κ3) is 6.25. The highest BCUT2D eigenvalue weighted by atomic mass is 35.5. The Hall–Kier alpha value is -2.48. The van der Waals surface area contributed by atoms with Crippen molar-refractivity contribution in [2.24, 2.45) is 0 Å². The lowest BCUT2D eigenvalue weighted by Gasteiger charge is -2.32. The zero-order chi connectivity index (χ0) is 20.8. The number of ether oxygens (including phenoxy) is 2. The number of carbonyl (C=O) groups is 2. The van der Waals surface area contributed by atoms with Gasteiger partial charge in [0.15, 0.2) is 0 Å². The van der Waals surface area contributed by atoms with Crippen LogP contribution < -0.4 is 5.32 Å². The summed E-state index contributed by atoms with van der Waals surface area (Å²) in [5.74, 6) is -0.197. The number of morpholine rings is 1. The molecule has 0 spiro atoms. The first-order chi connectivity index (χ1) is 13.9. The topological polar surface area (TPSA) is 88.1 Å². The Labute approximate surface area is 178 Å². The Balaban J connectivity index is 1.47. The van der Waals surface area contributed by atoms with E-state index in [1.807, 2.05) is 0 Å². The molecule has 2 aromatic rings. The number of carbonyl (C=O) groups excluding carboxylic acids is 2. The van der Waals surface area contributed by atoms with Crippen molar-refractivity contribution in [1.29, 1.82) is 0 Å². The second-order valence-corrected chi connectivity index (χ2v) is 7.40. The summed E-state index contributed by atoms with van der Waals surface area (Å²) in [6.45, 7) is 1.34. The summed E-state index contributed by atoms with van der Waals surface area (Å²) in [6, 6.07) is 10.9. The number of hydrogen-bond acceptors (Lipinski definition) is 5. The summed E-state index contributed by atoms with van der Waals surface area (Å²) in [5, 5.41) is 13.0. The molecular weight excluding hydrogens is 419 g/mol. The maximum atomic E-state index is 12.3. The number of nitrogens with one attached hydrogen (secondary N) is 1. The van der Waals surface area contributed by atoms with Crippen LogP contribution in [-0.2, 0) is 16.1 Å². The number of benzene rings is 2. The molecule has 7 nitrogen and oxygen atoms in total. The summed E-state index contributed by atoms with van der Waals surface area (Å²) in [5.41, 5.74) is 1.12. The Morgan fingerprint density at radius 3 is 2.55 bits per heavy atom. The van der Waals surface area contributed by atoms with Gasteiger partial charge in [0.2, 0.25) is 0 Å². The number of phenolic OH excluding ortho intramolecular Hbond substituents is 1. The molecule has 0 aromatic heterocycles. The smallest absolute Gasteiger partial charge is 0.410 e. The zero-order valence-corrected chi connectivity index (χ0v) is 16.9. The van der Waals surface area contributed by atoms with Crippen LogP contribution in [0.4, 0.5) is 4.79 Å². The van der Waals surface area contributed by atoms with E-state index in [9.17, 15) is 14.7 Å². The molecule has 1 saturated heterocycles. The highest BCUT2D eigenvalue weighted by Gasteiger charge is 2.25. The average Bonchev–Trinajstić information content (AvgIpc) is 2.70. The minimum atomic E-state index is -0.473. The summed E-state index contributed by atoms with van der Waals surface area (Å²) >= 11 is 11.9. The van der Waals surface area contributed by atoms with Crippen molar-refractivity contribution in [3.8, 4) is 5.75 Å². The van der Waals surface area contributed by atoms with Crippen LogP contribution in [0.3, 0.4) is 0 Å². The maximum Gasteiger partial charge on any atom is 0.410 e. The van der Waals surface area contributed by atoms with E-state index in [1.165, 1.54) is 29.2 Å². The second-order valence-electron chi connectivity index (χ2n) is 6.53. The molecule has 1 aliphatic heterocycles. The molecule has 1 unspecified atom stereocenters. The van der Waals surface area contributed by atoms with Crippen LogP contribution in [0.15, 0.2) is 42.5 Å². The van der Waals surface area contributed by atoms with Crippen molar-refractivity contribution in [2.75, 3.05) is 26.2 Å². The SMILES string of the molecule is O=C(NCC1CN(C(=O)OCc2cc(Cl)cc(Cl)c2)CCO1)c1ccc(O)cc1. The van der Waals surface area contributed by atoms with E-state index in [4.69, 9.17) is 32.7 Å². The summed E-state index contributed by atoms with van der Waals surface area (Å²) < 4.78 is 11.0. The van der Waals surface area contributed by atoms with Gasteiger partial charge in [-0.15, -0.1) is 0 Å². The minimum absolute atomic E-state index is 0.0543. The molecular formula is C20H20Cl2N2O5. The van der Waals surface area contributed by atoms with Crippen molar-refractivity contribution in [3.63, 3.8) is 0 Å². The van der Waals surface area contributed by atoms with E-state index in [2.05, 4.69) is 5.32 Å². The van der Waals surface area contributed by atoms with Gasteiger partial charge in [-0.3, -0.25) is 4.79 Å². The Morgan fingerprint density at radius 1 is 1.17 bits per heavy atom. The number of hydrogen-bond donors (Lipinski definition) is 2. The summed E-state index contributed by atoms with van der Waals surface area (Å²) in [7, 11) is 0. The summed E-state index contributed by atoms with van der Waals surface area (Å²) in [6.07, 6.45) is -0.822. The van der Waals surface area contributed by atoms with Crippen molar-refractivity contribution < 1.29 is 24.2 Å². The third-order valence-electron chi connectivity index (χ3n) is 4.30. The minimum Gasteiger partial charge on any atom is -0.508 e. The molecule has 0 radical (unpaired) electrons. The van der Waals surface area contributed by atoms with Gasteiger partial charge in [-0.1, -0.05) is 23.2 Å². The van der Waals surface area contributed by atoms with E-state index in [0.717, 1.165) is 0 Å². The predicted molar refractivity (Wildman–Crippen MR) is 108 cm³/mol. The Kier molecular flexibility index (Phi) is 7.19. The number of rotatable bonds is 5. The van der Waals surface area contributed by atoms with Crippen LogP contribution in [0.25, 0.3) is 0 Å². The standard InChI is InChI=1S/C20H20Cl2N2O5/c21-15-7-13(8-16(22)9-15)12-29-20(27)24-5-6-28-18(11-24)10-23-19(26)14-1-3-17(25)4-2-14/h1-4,7-9,18,25H,5-6,10-12H2,(H,23,26). The molecule has 1 heterocycles. The van der Waals surface area contributed by atoms with Crippen LogP contribution in [-0.4, -0.2) is 54.4 Å². The van der Waals surface area contributed by atoms with Crippen LogP contribution in [0.1, 0.15) is 15.9 Å². The fourth-order valence-corrected chi connectivity index (χ4v) is 3.43. The predicted octanol–water partition coefficient (Wildman–Crippen LogP) is 3.47. The third-order valence-corrected chi connectivity index (χ3v) is 4.74. The largest absolute Gasteiger partial charge is 0.508 e. The number of aromatic hydroxyl groups is 1. The van der Waals surface area contributed by atoms with Gasteiger partial charge in [0.25, 0.3) is 5.91 Å². The van der Waals surface area contributed by atoms with Gasteiger partial charge in [0.1, 0.15) is 12.4 Å². The molecule has 1 atom stereocenters. The van der Waals surface area contributed by atoms with Gasteiger partial charge < -0.3 is 24.8 Å². The molecule has 1 aliphatic rings. The van der Waals surface area contributed by atoms with Gasteiger partial charge in [-0.25, -0.2) is 4.79 Å². The quantitative estimate of drug-likeness (QED) is 0.745. The van der Waals surface area contributed by atoms with Crippen LogP contribution in [0.5, 0.6) is 5.75 Å². The van der Waals surface area contributed by atoms with Crippen molar-refractivity contribution in [3.05, 3.63) is 63.6 Å². The fourth-order valence-electron chi connectivity index (χ4n) is 2.86. The van der Waals surface area contributed by atoms with Gasteiger partial charge in [0.05, 0.1) is 19.3 Å². The molecule has 2 amide bonds. The van der Waals surface area contributed by atoms with Crippen molar-refractivity contribution in [2.45, 2.75) is 12.7 Å². The molecule has 29 heavy (non-hydrogen) atoms. The van der Waals surface area contributed by atoms with Crippen LogP contribution in [0, 0.1) is 0 Å². The lowest BCUT2D eigenvalue weighted by atomic mass is 10.2. The second kappa shape index (κ2) is 9.82. The molecule has 9 heteroatoms. The first-order valence-electron chi connectivity index (χ1n) is 8.96. The van der Waals surface area contributed by atoms with E-state index in [0.29, 0.717) is 40.9 Å². The van der Waals surface area contributed by atoms with E-state index in [1.54, 1.807) is 18.2 Å². The highest BCUT2D eigenvalue weighted by Crippen LogP contribution is 2.20. The van der Waals surface area contributed by atoms with E-state index < -0.39 is 6.09 Å². The lowest BCUT2D eigenvalue weighted by Crippen LogP contribution is -2.49. The van der Waals surface area contributed by atoms with Crippen molar-refractivity contribution >= 4 is 35.2 Å². The molecule has 0 aliphatic carbocycles. The Morgan fingerprint density at radius 2 is 1.86 bits per heavy atom. The fraction of sp³-hybridized carbons (Fsp3) is 0.300. The van der Waals surface area contributed by atoms with Crippen LogP contribution in [0.2, 0.25) is 10.0 Å². The van der Waals surface area contributed by atoms with E-state index >= 15 is 0 Å². The molecule has 1 fully saturated rings. The zero-order valence-electron chi connectivity index (χ0n) is 15.4. The molecule has 2 aromatic carbocycles. The lowest BCUT2D eigenvalue weighted by molar-refractivity contribution is -0.0263. The molecule has 0 bridgehead atoms. The van der Waals surface area contributed by atoms with Gasteiger partial charge in [-0.2, -0.15) is 0 Å². The first kappa shape index (κ1) is 21.2. The molecule has 3 rings (SSSR count). The molecule has 2 N–H and O–H groups in total. The number of phenols is 1. The van der Waals surface area contributed by atoms with Crippen LogP contribution >= 0.6 is 23.2 Å². The number of nitrogens with zero attached hydrogens (tertiary/aromatic N) is 1. The van der Waals surface area contributed by atoms with E-state index in [-0.39, 0.29) is 30.9 Å². The van der Waals surface area contributed by atoms with Gasteiger partial charge in [0, 0.05) is 28.7 Å². The Bertz CT molecular complexity index is 855. The highest BCUT2D eigenvalue weighted by molar-refractivity contribution is 6.34. The number of amides is 2. The first-order valence-corrected chi connectivity index (χ1v) is 9.72. The summed E-state index contributed by atoms with van der Waals surface area (Å²) in [4.78, 5) is 26.0. The number of halogens is 2. The van der Waals surface area contributed by atoms with Gasteiger partial charge >= 0.3 is 6.09 Å². The maximum absolute atomic E-state index is 12.3. The van der Waals surface area contributed by atoms with Gasteiger partial charge in [-0.05, 0) is 48.0 Å².